The van der Waals surface area contributed by atoms with Crippen molar-refractivity contribution in [3.05, 3.63) is 40.6 Å². The number of hydrogen-bond acceptors (Lipinski definition) is 5. The van der Waals surface area contributed by atoms with Gasteiger partial charge in [0.15, 0.2) is 11.5 Å². The van der Waals surface area contributed by atoms with Crippen molar-refractivity contribution in [3.63, 3.8) is 0 Å². The van der Waals surface area contributed by atoms with Gasteiger partial charge in [-0.2, -0.15) is 0 Å². The van der Waals surface area contributed by atoms with E-state index in [-0.39, 0.29) is 24.7 Å². The van der Waals surface area contributed by atoms with Gasteiger partial charge in [0.25, 0.3) is 0 Å². The molecule has 0 spiro atoms. The van der Waals surface area contributed by atoms with Crippen molar-refractivity contribution < 1.29 is 24.2 Å². The van der Waals surface area contributed by atoms with Gasteiger partial charge in [-0.3, -0.25) is 9.59 Å². The number of anilines is 1. The summed E-state index contributed by atoms with van der Waals surface area (Å²) < 4.78 is 10.9. The number of ether oxygens (including phenoxy) is 2. The fourth-order valence-corrected chi connectivity index (χ4v) is 3.40. The van der Waals surface area contributed by atoms with Gasteiger partial charge in [0.2, 0.25) is 5.91 Å². The number of fused-ring (bicyclic) bond motifs is 1. The van der Waals surface area contributed by atoms with E-state index in [1.54, 1.807) is 18.2 Å². The van der Waals surface area contributed by atoms with Crippen LogP contribution in [0.15, 0.2) is 35.7 Å². The molecule has 7 heteroatoms. The summed E-state index contributed by atoms with van der Waals surface area (Å²) in [7, 11) is 0. The van der Waals surface area contributed by atoms with Crippen molar-refractivity contribution in [2.75, 3.05) is 18.5 Å². The first-order chi connectivity index (χ1) is 11.6. The molecule has 1 aromatic heterocycles. The highest BCUT2D eigenvalue weighted by atomic mass is 32.1. The number of carbonyl (C=O) groups is 2. The number of carboxylic acids is 1. The Morgan fingerprint density at radius 3 is 2.67 bits per heavy atom. The van der Waals surface area contributed by atoms with Crippen LogP contribution in [-0.4, -0.2) is 30.2 Å². The van der Waals surface area contributed by atoms with Gasteiger partial charge in [-0.15, -0.1) is 11.3 Å². The summed E-state index contributed by atoms with van der Waals surface area (Å²) in [5.74, 6) is -0.229. The van der Waals surface area contributed by atoms with Crippen LogP contribution < -0.4 is 14.8 Å². The number of nitrogens with one attached hydrogen (secondary N) is 1. The number of rotatable bonds is 6. The first-order valence-corrected chi connectivity index (χ1v) is 8.44. The molecule has 3 rings (SSSR count). The minimum Gasteiger partial charge on any atom is -0.486 e. The largest absolute Gasteiger partial charge is 0.486 e. The topological polar surface area (TPSA) is 84.9 Å². The monoisotopic (exact) mass is 347 g/mol. The molecule has 2 N–H and O–H groups in total. The molecule has 0 fully saturated rings. The Kier molecular flexibility index (Phi) is 5.00. The maximum absolute atomic E-state index is 12.3. The van der Waals surface area contributed by atoms with Crippen LogP contribution in [0.25, 0.3) is 0 Å². The van der Waals surface area contributed by atoms with Crippen molar-refractivity contribution in [2.24, 2.45) is 0 Å². The second-order valence-electron chi connectivity index (χ2n) is 5.42. The number of carboxylic acid groups (broad SMARTS) is 1. The summed E-state index contributed by atoms with van der Waals surface area (Å²) in [6.45, 7) is 0.986. The zero-order chi connectivity index (χ0) is 16.9. The summed E-state index contributed by atoms with van der Waals surface area (Å²) in [6.07, 6.45) is 0.0380. The Labute approximate surface area is 143 Å². The Hall–Kier alpha value is -2.54. The zero-order valence-electron chi connectivity index (χ0n) is 12.9. The molecule has 0 radical (unpaired) electrons. The van der Waals surface area contributed by atoms with Crippen LogP contribution in [0.4, 0.5) is 5.69 Å². The molecule has 0 saturated carbocycles. The Morgan fingerprint density at radius 1 is 1.17 bits per heavy atom. The Morgan fingerprint density at radius 2 is 1.96 bits per heavy atom. The van der Waals surface area contributed by atoms with Gasteiger partial charge in [0, 0.05) is 29.0 Å². The highest BCUT2D eigenvalue weighted by Gasteiger charge is 2.21. The summed E-state index contributed by atoms with van der Waals surface area (Å²) in [6, 6.07) is 8.91. The molecule has 1 amide bonds. The van der Waals surface area contributed by atoms with E-state index in [0.29, 0.717) is 30.4 Å². The lowest BCUT2D eigenvalue weighted by atomic mass is 9.99. The van der Waals surface area contributed by atoms with E-state index in [2.05, 4.69) is 5.32 Å². The normalized spacial score (nSPS) is 14.0. The predicted octanol–water partition coefficient (Wildman–Crippen LogP) is 3.11. The molecule has 24 heavy (non-hydrogen) atoms. The highest BCUT2D eigenvalue weighted by molar-refractivity contribution is 7.10. The van der Waals surface area contributed by atoms with Gasteiger partial charge in [-0.25, -0.2) is 0 Å². The van der Waals surface area contributed by atoms with Crippen molar-refractivity contribution in [3.8, 4) is 11.5 Å². The van der Waals surface area contributed by atoms with Crippen molar-refractivity contribution in [2.45, 2.75) is 18.8 Å². The number of carbonyl (C=O) groups excluding carboxylic acids is 1. The number of thiophene rings is 1. The zero-order valence-corrected chi connectivity index (χ0v) is 13.7. The number of amides is 1. The second-order valence-corrected chi connectivity index (χ2v) is 6.40. The average Bonchev–Trinajstić information content (AvgIpc) is 3.08. The molecule has 0 unspecified atom stereocenters. The smallest absolute Gasteiger partial charge is 0.304 e. The third kappa shape index (κ3) is 4.05. The molecule has 1 aliphatic rings. The minimum atomic E-state index is -0.916. The second kappa shape index (κ2) is 7.35. The van der Waals surface area contributed by atoms with Gasteiger partial charge in [0.1, 0.15) is 13.2 Å². The molecule has 1 atom stereocenters. The maximum Gasteiger partial charge on any atom is 0.304 e. The van der Waals surface area contributed by atoms with E-state index in [1.807, 2.05) is 17.5 Å². The van der Waals surface area contributed by atoms with Crippen LogP contribution in [0, 0.1) is 0 Å². The standard InChI is InChI=1S/C17H17NO5S/c19-16(8-11(9-17(20)21)15-2-1-7-24-15)18-12-3-4-13-14(10-12)23-6-5-22-13/h1-4,7,10-11H,5-6,8-9H2,(H,18,19)(H,20,21)/t11-/m0/s1. The van der Waals surface area contributed by atoms with E-state index in [0.717, 1.165) is 4.88 Å². The minimum absolute atomic E-state index is 0.0743. The molecular weight excluding hydrogens is 330 g/mol. The van der Waals surface area contributed by atoms with Crippen LogP contribution in [0.2, 0.25) is 0 Å². The molecule has 1 aromatic carbocycles. The molecule has 0 bridgehead atoms. The van der Waals surface area contributed by atoms with E-state index in [1.165, 1.54) is 11.3 Å². The van der Waals surface area contributed by atoms with Crippen LogP contribution in [0.5, 0.6) is 11.5 Å². The van der Waals surface area contributed by atoms with Gasteiger partial charge >= 0.3 is 5.97 Å². The summed E-state index contributed by atoms with van der Waals surface area (Å²) in [5.41, 5.74) is 0.601. The van der Waals surface area contributed by atoms with Crippen molar-refractivity contribution >= 4 is 28.9 Å². The third-order valence-corrected chi connectivity index (χ3v) is 4.66. The molecule has 2 aromatic rings. The number of hydrogen-bond donors (Lipinski definition) is 2. The van der Waals surface area contributed by atoms with Gasteiger partial charge in [-0.05, 0) is 23.6 Å². The van der Waals surface area contributed by atoms with Crippen LogP contribution >= 0.6 is 11.3 Å². The Bertz CT molecular complexity index is 729. The van der Waals surface area contributed by atoms with Gasteiger partial charge < -0.3 is 19.9 Å². The quantitative estimate of drug-likeness (QED) is 0.839. The summed E-state index contributed by atoms with van der Waals surface area (Å²) in [4.78, 5) is 24.2. The molecule has 0 saturated heterocycles. The molecular formula is C17H17NO5S. The number of aliphatic carboxylic acids is 1. The number of benzene rings is 1. The SMILES string of the molecule is O=C(O)C[C@H](CC(=O)Nc1ccc2c(c1)OCCO2)c1cccs1. The lowest BCUT2D eigenvalue weighted by molar-refractivity contribution is -0.137. The van der Waals surface area contributed by atoms with Gasteiger partial charge in [0.05, 0.1) is 6.42 Å². The summed E-state index contributed by atoms with van der Waals surface area (Å²) in [5, 5.41) is 13.7. The molecule has 6 nitrogen and oxygen atoms in total. The van der Waals surface area contributed by atoms with Crippen LogP contribution in [0.3, 0.4) is 0 Å². The van der Waals surface area contributed by atoms with E-state index in [9.17, 15) is 9.59 Å². The van der Waals surface area contributed by atoms with E-state index < -0.39 is 5.97 Å². The summed E-state index contributed by atoms with van der Waals surface area (Å²) >= 11 is 1.46. The average molecular weight is 347 g/mol. The first kappa shape index (κ1) is 16.3. The lowest BCUT2D eigenvalue weighted by Crippen LogP contribution is -2.18. The van der Waals surface area contributed by atoms with E-state index >= 15 is 0 Å². The highest BCUT2D eigenvalue weighted by Crippen LogP contribution is 2.33. The van der Waals surface area contributed by atoms with Crippen molar-refractivity contribution in [1.82, 2.24) is 0 Å². The Balaban J connectivity index is 1.66. The lowest BCUT2D eigenvalue weighted by Gasteiger charge is -2.19. The maximum atomic E-state index is 12.3. The van der Waals surface area contributed by atoms with Crippen molar-refractivity contribution in [1.29, 1.82) is 0 Å². The van der Waals surface area contributed by atoms with Gasteiger partial charge in [-0.1, -0.05) is 6.07 Å². The predicted molar refractivity (Wildman–Crippen MR) is 90.0 cm³/mol. The first-order valence-electron chi connectivity index (χ1n) is 7.56. The molecule has 1 aliphatic heterocycles. The fraction of sp³-hybridized carbons (Fsp3) is 0.294. The van der Waals surface area contributed by atoms with Crippen LogP contribution in [-0.2, 0) is 9.59 Å². The third-order valence-electron chi connectivity index (χ3n) is 3.62. The molecule has 126 valence electrons. The van der Waals surface area contributed by atoms with E-state index in [4.69, 9.17) is 14.6 Å². The molecule has 0 aliphatic carbocycles. The molecule has 2 heterocycles. The van der Waals surface area contributed by atoms with Crippen LogP contribution in [0.1, 0.15) is 23.6 Å². The fourth-order valence-electron chi connectivity index (χ4n) is 2.56.